The molecule has 1 fully saturated rings. The minimum Gasteiger partial charge on any atom is -0.460 e. The van der Waals surface area contributed by atoms with E-state index in [2.05, 4.69) is 16.3 Å². The van der Waals surface area contributed by atoms with Crippen molar-refractivity contribution in [3.8, 4) is 17.3 Å². The van der Waals surface area contributed by atoms with Crippen molar-refractivity contribution in [3.05, 3.63) is 42.1 Å². The van der Waals surface area contributed by atoms with Gasteiger partial charge in [0.15, 0.2) is 0 Å². The van der Waals surface area contributed by atoms with Gasteiger partial charge >= 0.3 is 5.97 Å². The highest BCUT2D eigenvalue weighted by atomic mass is 16.5. The number of rotatable bonds is 4. The van der Waals surface area contributed by atoms with Crippen LogP contribution in [0.1, 0.15) is 23.2 Å². The standard InChI is InChI=1S/C17H17N3O3/c18-11-17(6-8-22-9-7-17)12-23-16(21)14-10-19-20-15(14)13-4-2-1-3-5-13/h1-5,10H,6-9,12H2,(H,19,20). The smallest absolute Gasteiger partial charge is 0.342 e. The SMILES string of the molecule is N#CC1(COC(=O)c2cn[nH]c2-c2ccccc2)CCOCC1. The number of hydrogen-bond acceptors (Lipinski definition) is 5. The molecule has 1 aromatic carbocycles. The molecule has 3 rings (SSSR count). The third-order valence-electron chi connectivity index (χ3n) is 4.09. The first-order valence-electron chi connectivity index (χ1n) is 7.49. The molecule has 118 valence electrons. The Morgan fingerprint density at radius 3 is 2.78 bits per heavy atom. The van der Waals surface area contributed by atoms with Crippen LogP contribution in [-0.2, 0) is 9.47 Å². The molecule has 0 amide bonds. The number of H-pyrrole nitrogens is 1. The fourth-order valence-electron chi connectivity index (χ4n) is 2.60. The summed E-state index contributed by atoms with van der Waals surface area (Å²) in [5, 5.41) is 16.2. The van der Waals surface area contributed by atoms with Crippen LogP contribution >= 0.6 is 0 Å². The summed E-state index contributed by atoms with van der Waals surface area (Å²) in [6.07, 6.45) is 2.61. The summed E-state index contributed by atoms with van der Waals surface area (Å²) in [6.45, 7) is 1.11. The Morgan fingerprint density at radius 1 is 1.35 bits per heavy atom. The molecule has 0 saturated carbocycles. The van der Waals surface area contributed by atoms with E-state index in [0.29, 0.717) is 37.3 Å². The highest BCUT2D eigenvalue weighted by Gasteiger charge is 2.34. The van der Waals surface area contributed by atoms with Crippen molar-refractivity contribution in [2.75, 3.05) is 19.8 Å². The van der Waals surface area contributed by atoms with E-state index in [1.54, 1.807) is 0 Å². The summed E-state index contributed by atoms with van der Waals surface area (Å²) < 4.78 is 10.7. The highest BCUT2D eigenvalue weighted by Crippen LogP contribution is 2.30. The van der Waals surface area contributed by atoms with Gasteiger partial charge in [0.25, 0.3) is 0 Å². The number of nitrogens with one attached hydrogen (secondary N) is 1. The molecule has 0 radical (unpaired) electrons. The third-order valence-corrected chi connectivity index (χ3v) is 4.09. The maximum atomic E-state index is 12.4. The number of nitrogens with zero attached hydrogens (tertiary/aromatic N) is 2. The van der Waals surface area contributed by atoms with Crippen LogP contribution < -0.4 is 0 Å². The Kier molecular flexibility index (Phi) is 4.40. The largest absolute Gasteiger partial charge is 0.460 e. The van der Waals surface area contributed by atoms with E-state index in [1.807, 2.05) is 30.3 Å². The minimum atomic E-state index is -0.648. The molecule has 2 aromatic rings. The second-order valence-corrected chi connectivity index (χ2v) is 5.61. The minimum absolute atomic E-state index is 0.0745. The Balaban J connectivity index is 1.72. The van der Waals surface area contributed by atoms with Gasteiger partial charge in [0.2, 0.25) is 0 Å². The molecule has 0 aliphatic carbocycles. The van der Waals surface area contributed by atoms with Gasteiger partial charge in [-0.3, -0.25) is 5.10 Å². The van der Waals surface area contributed by atoms with E-state index in [4.69, 9.17) is 9.47 Å². The van der Waals surface area contributed by atoms with Crippen molar-refractivity contribution in [2.45, 2.75) is 12.8 Å². The lowest BCUT2D eigenvalue weighted by Crippen LogP contribution is -2.33. The van der Waals surface area contributed by atoms with E-state index < -0.39 is 11.4 Å². The molecule has 2 heterocycles. The number of carbonyl (C=O) groups is 1. The summed E-state index contributed by atoms with van der Waals surface area (Å²) in [6, 6.07) is 11.7. The lowest BCUT2D eigenvalue weighted by Gasteiger charge is -2.29. The Bertz CT molecular complexity index is 712. The number of benzene rings is 1. The van der Waals surface area contributed by atoms with Gasteiger partial charge < -0.3 is 9.47 Å². The summed E-state index contributed by atoms with van der Waals surface area (Å²) in [4.78, 5) is 12.4. The second-order valence-electron chi connectivity index (χ2n) is 5.61. The normalized spacial score (nSPS) is 16.5. The Hall–Kier alpha value is -2.65. The molecule has 1 aliphatic heterocycles. The van der Waals surface area contributed by atoms with Crippen molar-refractivity contribution < 1.29 is 14.3 Å². The first kappa shape index (κ1) is 15.3. The fourth-order valence-corrected chi connectivity index (χ4v) is 2.60. The average Bonchev–Trinajstić information content (AvgIpc) is 3.11. The third kappa shape index (κ3) is 3.25. The summed E-state index contributed by atoms with van der Waals surface area (Å²) in [5.74, 6) is -0.473. The Labute approximate surface area is 134 Å². The number of aromatic amines is 1. The topological polar surface area (TPSA) is 88.0 Å². The zero-order chi connectivity index (χ0) is 16.1. The maximum absolute atomic E-state index is 12.4. The quantitative estimate of drug-likeness (QED) is 0.877. The van der Waals surface area contributed by atoms with Gasteiger partial charge in [-0.1, -0.05) is 30.3 Å². The zero-order valence-electron chi connectivity index (χ0n) is 12.6. The van der Waals surface area contributed by atoms with Gasteiger partial charge in [-0.2, -0.15) is 10.4 Å². The van der Waals surface area contributed by atoms with Gasteiger partial charge in [-0.05, 0) is 12.8 Å². The van der Waals surface area contributed by atoms with Crippen molar-refractivity contribution >= 4 is 5.97 Å². The van der Waals surface area contributed by atoms with E-state index in [1.165, 1.54) is 6.20 Å². The maximum Gasteiger partial charge on any atom is 0.342 e. The number of aromatic nitrogens is 2. The first-order valence-corrected chi connectivity index (χ1v) is 7.49. The van der Waals surface area contributed by atoms with Gasteiger partial charge in [-0.15, -0.1) is 0 Å². The van der Waals surface area contributed by atoms with Crippen molar-refractivity contribution in [1.29, 1.82) is 5.26 Å². The van der Waals surface area contributed by atoms with Gasteiger partial charge in [-0.25, -0.2) is 4.79 Å². The lowest BCUT2D eigenvalue weighted by molar-refractivity contribution is -0.00462. The molecule has 6 nitrogen and oxygen atoms in total. The van der Waals surface area contributed by atoms with E-state index >= 15 is 0 Å². The molecular formula is C17H17N3O3. The summed E-state index contributed by atoms with van der Waals surface area (Å²) in [7, 11) is 0. The van der Waals surface area contributed by atoms with Crippen LogP contribution in [0.2, 0.25) is 0 Å². The zero-order valence-corrected chi connectivity index (χ0v) is 12.6. The van der Waals surface area contributed by atoms with Gasteiger partial charge in [0.1, 0.15) is 12.2 Å². The predicted molar refractivity (Wildman–Crippen MR) is 82.4 cm³/mol. The van der Waals surface area contributed by atoms with Crippen LogP contribution in [0.4, 0.5) is 0 Å². The second kappa shape index (κ2) is 6.63. The van der Waals surface area contributed by atoms with Crippen LogP contribution in [0, 0.1) is 16.7 Å². The summed E-state index contributed by atoms with van der Waals surface area (Å²) in [5.41, 5.74) is 1.20. The van der Waals surface area contributed by atoms with Crippen molar-refractivity contribution in [2.24, 2.45) is 5.41 Å². The van der Waals surface area contributed by atoms with Crippen LogP contribution in [0.5, 0.6) is 0 Å². The van der Waals surface area contributed by atoms with E-state index in [0.717, 1.165) is 5.56 Å². The van der Waals surface area contributed by atoms with Crippen LogP contribution in [0.3, 0.4) is 0 Å². The number of nitriles is 1. The number of hydrogen-bond donors (Lipinski definition) is 1. The van der Waals surface area contributed by atoms with Crippen molar-refractivity contribution in [1.82, 2.24) is 10.2 Å². The number of ether oxygens (including phenoxy) is 2. The molecule has 0 spiro atoms. The van der Waals surface area contributed by atoms with Crippen LogP contribution in [0.25, 0.3) is 11.3 Å². The van der Waals surface area contributed by atoms with Gasteiger partial charge in [0.05, 0.1) is 23.4 Å². The first-order chi connectivity index (χ1) is 11.2. The summed E-state index contributed by atoms with van der Waals surface area (Å²) >= 11 is 0. The lowest BCUT2D eigenvalue weighted by atomic mass is 9.83. The molecule has 1 aliphatic rings. The molecule has 1 N–H and O–H groups in total. The van der Waals surface area contributed by atoms with Crippen LogP contribution in [-0.4, -0.2) is 36.0 Å². The molecular weight excluding hydrogens is 294 g/mol. The van der Waals surface area contributed by atoms with Gasteiger partial charge in [0, 0.05) is 18.8 Å². The molecule has 1 aromatic heterocycles. The van der Waals surface area contributed by atoms with E-state index in [9.17, 15) is 10.1 Å². The highest BCUT2D eigenvalue weighted by molar-refractivity contribution is 5.95. The number of esters is 1. The Morgan fingerprint density at radius 2 is 2.09 bits per heavy atom. The molecule has 0 unspecified atom stereocenters. The molecule has 1 saturated heterocycles. The number of carbonyl (C=O) groups excluding carboxylic acids is 1. The van der Waals surface area contributed by atoms with Crippen LogP contribution in [0.15, 0.2) is 36.5 Å². The molecule has 23 heavy (non-hydrogen) atoms. The molecule has 0 bridgehead atoms. The monoisotopic (exact) mass is 311 g/mol. The fraction of sp³-hybridized carbons (Fsp3) is 0.353. The predicted octanol–water partition coefficient (Wildman–Crippen LogP) is 2.55. The molecule has 0 atom stereocenters. The van der Waals surface area contributed by atoms with Crippen molar-refractivity contribution in [3.63, 3.8) is 0 Å². The average molecular weight is 311 g/mol. The van der Waals surface area contributed by atoms with E-state index in [-0.39, 0.29) is 6.61 Å². The molecule has 6 heteroatoms.